The number of phenols is 1. The van der Waals surface area contributed by atoms with E-state index in [0.717, 1.165) is 22.9 Å². The molecule has 0 saturated carbocycles. The van der Waals surface area contributed by atoms with Crippen LogP contribution in [0, 0.1) is 11.6 Å². The topological polar surface area (TPSA) is 61.7 Å². The highest BCUT2D eigenvalue weighted by molar-refractivity contribution is 6.30. The molecule has 4 nitrogen and oxygen atoms in total. The quantitative estimate of drug-likeness (QED) is 0.399. The van der Waals surface area contributed by atoms with Gasteiger partial charge in [-0.1, -0.05) is 35.9 Å². The number of hydrazone groups is 1. The number of aromatic hydroxyl groups is 1. The Labute approximate surface area is 152 Å². The third kappa shape index (κ3) is 3.50. The second-order valence-corrected chi connectivity index (χ2v) is 6.01. The molecule has 2 N–H and O–H groups in total. The van der Waals surface area contributed by atoms with Crippen LogP contribution in [0.3, 0.4) is 0 Å². The normalized spacial score (nSPS) is 11.6. The number of hydrogen-bond acceptors (Lipinski definition) is 3. The molecule has 26 heavy (non-hydrogen) atoms. The van der Waals surface area contributed by atoms with Gasteiger partial charge in [-0.2, -0.15) is 5.10 Å². The molecule has 0 aliphatic carbocycles. The standard InChI is InChI=1S/C19H13ClF2N2O2/c1-10(13-8-17(22)15(20)9-16(13)21)23-24-19(26)14-6-11-4-2-3-5-12(11)7-18(14)25/h2-9,25H,1H3,(H,24,26)/b23-10+. The van der Waals surface area contributed by atoms with Gasteiger partial charge in [-0.25, -0.2) is 14.2 Å². The van der Waals surface area contributed by atoms with Gasteiger partial charge in [-0.15, -0.1) is 0 Å². The fourth-order valence-electron chi connectivity index (χ4n) is 2.47. The molecule has 0 atom stereocenters. The lowest BCUT2D eigenvalue weighted by Crippen LogP contribution is -2.20. The molecule has 0 aliphatic rings. The highest BCUT2D eigenvalue weighted by Crippen LogP contribution is 2.25. The summed E-state index contributed by atoms with van der Waals surface area (Å²) >= 11 is 5.51. The molecule has 0 fully saturated rings. The van der Waals surface area contributed by atoms with Gasteiger partial charge in [-0.05, 0) is 42.0 Å². The number of fused-ring (bicyclic) bond motifs is 1. The largest absolute Gasteiger partial charge is 0.507 e. The molecule has 132 valence electrons. The molecule has 0 aliphatic heterocycles. The van der Waals surface area contributed by atoms with Gasteiger partial charge in [0.15, 0.2) is 0 Å². The van der Waals surface area contributed by atoms with Gasteiger partial charge < -0.3 is 5.11 Å². The van der Waals surface area contributed by atoms with Crippen LogP contribution in [-0.4, -0.2) is 16.7 Å². The maximum absolute atomic E-state index is 13.9. The zero-order valence-corrected chi connectivity index (χ0v) is 14.3. The molecule has 3 aromatic rings. The smallest absolute Gasteiger partial charge is 0.275 e. The lowest BCUT2D eigenvalue weighted by molar-refractivity contribution is 0.0952. The Morgan fingerprint density at radius 1 is 1.04 bits per heavy atom. The summed E-state index contributed by atoms with van der Waals surface area (Å²) in [4.78, 5) is 12.3. The van der Waals surface area contributed by atoms with Crippen molar-refractivity contribution in [3.05, 3.63) is 76.3 Å². The van der Waals surface area contributed by atoms with Crippen molar-refractivity contribution >= 4 is 34.0 Å². The average molecular weight is 375 g/mol. The van der Waals surface area contributed by atoms with Gasteiger partial charge in [0.05, 0.1) is 16.3 Å². The molecule has 3 aromatic carbocycles. The van der Waals surface area contributed by atoms with Gasteiger partial charge >= 0.3 is 0 Å². The highest BCUT2D eigenvalue weighted by atomic mass is 35.5. The number of hydrogen-bond donors (Lipinski definition) is 2. The zero-order valence-electron chi connectivity index (χ0n) is 13.6. The minimum atomic E-state index is -0.795. The Kier molecular flexibility index (Phi) is 4.86. The number of phenolic OH excluding ortho intramolecular Hbond substituents is 1. The number of carbonyl (C=O) groups excluding carboxylic acids is 1. The summed E-state index contributed by atoms with van der Waals surface area (Å²) in [7, 11) is 0. The van der Waals surface area contributed by atoms with Crippen LogP contribution in [0.25, 0.3) is 10.8 Å². The average Bonchev–Trinajstić information content (AvgIpc) is 2.61. The van der Waals surface area contributed by atoms with Crippen molar-refractivity contribution < 1.29 is 18.7 Å². The van der Waals surface area contributed by atoms with Crippen molar-refractivity contribution in [2.45, 2.75) is 6.92 Å². The van der Waals surface area contributed by atoms with E-state index in [4.69, 9.17) is 11.6 Å². The zero-order chi connectivity index (χ0) is 18.8. The van der Waals surface area contributed by atoms with E-state index in [1.807, 2.05) is 6.07 Å². The first-order valence-electron chi connectivity index (χ1n) is 7.58. The minimum Gasteiger partial charge on any atom is -0.507 e. The van der Waals surface area contributed by atoms with Crippen molar-refractivity contribution in [1.29, 1.82) is 0 Å². The maximum atomic E-state index is 13.9. The fraction of sp³-hybridized carbons (Fsp3) is 0.0526. The summed E-state index contributed by atoms with van der Waals surface area (Å²) in [5.41, 5.74) is 2.17. The molecular weight excluding hydrogens is 362 g/mol. The number of rotatable bonds is 3. The lowest BCUT2D eigenvalue weighted by atomic mass is 10.1. The third-order valence-electron chi connectivity index (χ3n) is 3.83. The van der Waals surface area contributed by atoms with E-state index in [0.29, 0.717) is 0 Å². The minimum absolute atomic E-state index is 0.0167. The predicted octanol–water partition coefficient (Wildman–Crippen LogP) is 4.63. The van der Waals surface area contributed by atoms with Crippen molar-refractivity contribution in [3.8, 4) is 5.75 Å². The van der Waals surface area contributed by atoms with Crippen LogP contribution in [0.15, 0.2) is 53.6 Å². The van der Waals surface area contributed by atoms with Crippen molar-refractivity contribution in [3.63, 3.8) is 0 Å². The number of carbonyl (C=O) groups is 1. The van der Waals surface area contributed by atoms with Gasteiger partial charge in [0.2, 0.25) is 0 Å². The highest BCUT2D eigenvalue weighted by Gasteiger charge is 2.14. The molecule has 0 bridgehead atoms. The van der Waals surface area contributed by atoms with E-state index < -0.39 is 17.5 Å². The molecule has 0 aromatic heterocycles. The van der Waals surface area contributed by atoms with Crippen LogP contribution in [0.4, 0.5) is 8.78 Å². The van der Waals surface area contributed by atoms with Crippen LogP contribution < -0.4 is 5.43 Å². The van der Waals surface area contributed by atoms with Crippen LogP contribution in [0.2, 0.25) is 5.02 Å². The van der Waals surface area contributed by atoms with Gasteiger partial charge in [-0.3, -0.25) is 4.79 Å². The van der Waals surface area contributed by atoms with E-state index in [1.54, 1.807) is 18.2 Å². The Morgan fingerprint density at radius 3 is 2.38 bits per heavy atom. The second-order valence-electron chi connectivity index (χ2n) is 5.60. The Bertz CT molecular complexity index is 1050. The van der Waals surface area contributed by atoms with E-state index in [1.165, 1.54) is 19.1 Å². The third-order valence-corrected chi connectivity index (χ3v) is 4.12. The van der Waals surface area contributed by atoms with Gasteiger partial charge in [0.1, 0.15) is 17.4 Å². The Morgan fingerprint density at radius 2 is 1.69 bits per heavy atom. The first kappa shape index (κ1) is 17.8. The number of nitrogens with zero attached hydrogens (tertiary/aromatic N) is 1. The van der Waals surface area contributed by atoms with E-state index in [9.17, 15) is 18.7 Å². The Balaban J connectivity index is 1.87. The fourth-order valence-corrected chi connectivity index (χ4v) is 2.62. The SMILES string of the molecule is C/C(=N\NC(=O)c1cc2ccccc2cc1O)c1cc(F)c(Cl)cc1F. The Hall–Kier alpha value is -2.99. The van der Waals surface area contributed by atoms with Gasteiger partial charge in [0.25, 0.3) is 5.91 Å². The molecule has 0 saturated heterocycles. The van der Waals surface area contributed by atoms with E-state index >= 15 is 0 Å². The predicted molar refractivity (Wildman–Crippen MR) is 96.7 cm³/mol. The van der Waals surface area contributed by atoms with E-state index in [-0.39, 0.29) is 27.6 Å². The molecule has 1 amide bonds. The van der Waals surface area contributed by atoms with Crippen molar-refractivity contribution in [2.24, 2.45) is 5.10 Å². The number of halogens is 3. The first-order valence-corrected chi connectivity index (χ1v) is 7.96. The lowest BCUT2D eigenvalue weighted by Gasteiger charge is -2.08. The number of benzene rings is 3. The molecule has 3 rings (SSSR count). The molecule has 0 radical (unpaired) electrons. The van der Waals surface area contributed by atoms with Crippen LogP contribution in [0.5, 0.6) is 5.75 Å². The summed E-state index contributed by atoms with van der Waals surface area (Å²) in [5.74, 6) is -2.45. The number of amides is 1. The molecule has 0 heterocycles. The summed E-state index contributed by atoms with van der Waals surface area (Å²) < 4.78 is 27.4. The number of nitrogens with one attached hydrogen (secondary N) is 1. The molecule has 0 unspecified atom stereocenters. The van der Waals surface area contributed by atoms with Crippen LogP contribution in [0.1, 0.15) is 22.8 Å². The second kappa shape index (κ2) is 7.09. The summed E-state index contributed by atoms with van der Waals surface area (Å²) in [5, 5.41) is 15.0. The molecule has 0 spiro atoms. The van der Waals surface area contributed by atoms with Crippen molar-refractivity contribution in [2.75, 3.05) is 0 Å². The molecule has 7 heteroatoms. The first-order chi connectivity index (χ1) is 12.4. The maximum Gasteiger partial charge on any atom is 0.275 e. The van der Waals surface area contributed by atoms with Crippen molar-refractivity contribution in [1.82, 2.24) is 5.43 Å². The summed E-state index contributed by atoms with van der Waals surface area (Å²) in [6.45, 7) is 1.41. The summed E-state index contributed by atoms with van der Waals surface area (Å²) in [6.07, 6.45) is 0. The van der Waals surface area contributed by atoms with Gasteiger partial charge in [0, 0.05) is 5.56 Å². The molecular formula is C19H13ClF2N2O2. The van der Waals surface area contributed by atoms with E-state index in [2.05, 4.69) is 10.5 Å². The summed E-state index contributed by atoms with van der Waals surface area (Å²) in [6, 6.07) is 11.9. The van der Waals surface area contributed by atoms with Crippen LogP contribution >= 0.6 is 11.6 Å². The van der Waals surface area contributed by atoms with Crippen LogP contribution in [-0.2, 0) is 0 Å². The monoisotopic (exact) mass is 374 g/mol.